The number of nitrogens with one attached hydrogen (secondary N) is 1. The summed E-state index contributed by atoms with van der Waals surface area (Å²) in [5, 5.41) is 3.55. The van der Waals surface area contributed by atoms with Crippen LogP contribution in [0, 0.1) is 12.8 Å². The van der Waals surface area contributed by atoms with Gasteiger partial charge in [-0.1, -0.05) is 12.1 Å². The largest absolute Gasteiger partial charge is 0.314 e. The molecule has 1 aliphatic carbocycles. The molecule has 0 bridgehead atoms. The first-order valence-electron chi connectivity index (χ1n) is 7.86. The number of aryl methyl sites for hydroxylation is 1. The number of benzene rings is 1. The molecule has 2 fully saturated rings. The van der Waals surface area contributed by atoms with E-state index < -0.39 is 10.0 Å². The average molecular weight is 308 g/mol. The minimum absolute atomic E-state index is 0.428. The molecule has 3 rings (SSSR count). The van der Waals surface area contributed by atoms with Crippen LogP contribution in [0.2, 0.25) is 0 Å². The van der Waals surface area contributed by atoms with Crippen molar-refractivity contribution in [3.8, 4) is 0 Å². The quantitative estimate of drug-likeness (QED) is 0.907. The molecule has 1 saturated heterocycles. The van der Waals surface area contributed by atoms with E-state index in [9.17, 15) is 8.42 Å². The summed E-state index contributed by atoms with van der Waals surface area (Å²) < 4.78 is 26.9. The maximum absolute atomic E-state index is 12.6. The Kier molecular flexibility index (Phi) is 4.33. The van der Waals surface area contributed by atoms with Gasteiger partial charge in [0.25, 0.3) is 0 Å². The van der Waals surface area contributed by atoms with Gasteiger partial charge in [-0.05, 0) is 62.8 Å². The Labute approximate surface area is 127 Å². The second kappa shape index (κ2) is 6.07. The van der Waals surface area contributed by atoms with Crippen LogP contribution in [0.15, 0.2) is 29.2 Å². The minimum atomic E-state index is -3.31. The Bertz CT molecular complexity index is 588. The van der Waals surface area contributed by atoms with Crippen LogP contribution < -0.4 is 5.32 Å². The summed E-state index contributed by atoms with van der Waals surface area (Å²) in [6, 6.07) is 7.93. The Morgan fingerprint density at radius 1 is 1.19 bits per heavy atom. The highest BCUT2D eigenvalue weighted by Crippen LogP contribution is 2.25. The predicted octanol–water partition coefficient (Wildman–Crippen LogP) is 2.15. The molecule has 0 unspecified atom stereocenters. The summed E-state index contributed by atoms with van der Waals surface area (Å²) in [5.74, 6) is 0.620. The first kappa shape index (κ1) is 15.0. The molecule has 0 aromatic heterocycles. The highest BCUT2D eigenvalue weighted by atomic mass is 32.2. The standard InChI is InChI=1S/C16H24N2O2S/c1-13-3-2-4-16(11-13)21(19,20)18-9-7-14(8-10-18)12-17-15-5-6-15/h2-4,11,14-15,17H,5-10,12H2,1H3. The molecule has 21 heavy (non-hydrogen) atoms. The van der Waals surface area contributed by atoms with Crippen molar-refractivity contribution in [3.05, 3.63) is 29.8 Å². The van der Waals surface area contributed by atoms with Gasteiger partial charge in [-0.15, -0.1) is 0 Å². The van der Waals surface area contributed by atoms with Gasteiger partial charge in [-0.25, -0.2) is 8.42 Å². The summed E-state index contributed by atoms with van der Waals surface area (Å²) in [4.78, 5) is 0.428. The second-order valence-electron chi connectivity index (χ2n) is 6.35. The normalized spacial score (nSPS) is 21.6. The highest BCUT2D eigenvalue weighted by Gasteiger charge is 2.30. The molecule has 0 atom stereocenters. The van der Waals surface area contributed by atoms with Crippen LogP contribution in [0.4, 0.5) is 0 Å². The lowest BCUT2D eigenvalue weighted by atomic mass is 9.98. The number of piperidine rings is 1. The molecule has 1 aliphatic heterocycles. The van der Waals surface area contributed by atoms with Gasteiger partial charge in [0.2, 0.25) is 10.0 Å². The second-order valence-corrected chi connectivity index (χ2v) is 8.28. The van der Waals surface area contributed by atoms with Crippen LogP contribution in [0.1, 0.15) is 31.2 Å². The molecule has 4 nitrogen and oxygen atoms in total. The van der Waals surface area contributed by atoms with Crippen molar-refractivity contribution in [1.29, 1.82) is 0 Å². The smallest absolute Gasteiger partial charge is 0.243 e. The molecule has 1 saturated carbocycles. The van der Waals surface area contributed by atoms with Gasteiger partial charge in [0, 0.05) is 19.1 Å². The fourth-order valence-corrected chi connectivity index (χ4v) is 4.47. The van der Waals surface area contributed by atoms with Crippen LogP contribution in [-0.2, 0) is 10.0 Å². The van der Waals surface area contributed by atoms with Crippen LogP contribution in [0.25, 0.3) is 0 Å². The van der Waals surface area contributed by atoms with Gasteiger partial charge in [0.15, 0.2) is 0 Å². The third kappa shape index (κ3) is 3.65. The van der Waals surface area contributed by atoms with Gasteiger partial charge in [0.05, 0.1) is 4.90 Å². The fourth-order valence-electron chi connectivity index (χ4n) is 2.90. The predicted molar refractivity (Wildman–Crippen MR) is 83.7 cm³/mol. The van der Waals surface area contributed by atoms with E-state index in [2.05, 4.69) is 5.32 Å². The Morgan fingerprint density at radius 2 is 1.90 bits per heavy atom. The van der Waals surface area contributed by atoms with Crippen LogP contribution in [-0.4, -0.2) is 38.4 Å². The monoisotopic (exact) mass is 308 g/mol. The molecule has 116 valence electrons. The van der Waals surface area contributed by atoms with Crippen LogP contribution in [0.5, 0.6) is 0 Å². The number of hydrogen-bond acceptors (Lipinski definition) is 3. The molecule has 0 radical (unpaired) electrons. The fraction of sp³-hybridized carbons (Fsp3) is 0.625. The lowest BCUT2D eigenvalue weighted by molar-refractivity contribution is 0.267. The first-order chi connectivity index (χ1) is 10.1. The minimum Gasteiger partial charge on any atom is -0.314 e. The Balaban J connectivity index is 1.59. The zero-order valence-corrected chi connectivity index (χ0v) is 13.4. The SMILES string of the molecule is Cc1cccc(S(=O)(=O)N2CCC(CNC3CC3)CC2)c1. The van der Waals surface area contributed by atoms with Crippen molar-refractivity contribution in [2.75, 3.05) is 19.6 Å². The van der Waals surface area contributed by atoms with Crippen molar-refractivity contribution in [2.24, 2.45) is 5.92 Å². The topological polar surface area (TPSA) is 49.4 Å². The van der Waals surface area contributed by atoms with Crippen LogP contribution >= 0.6 is 0 Å². The number of sulfonamides is 1. The molecule has 0 amide bonds. The molecule has 1 aromatic rings. The third-order valence-corrected chi connectivity index (χ3v) is 6.37. The van der Waals surface area contributed by atoms with E-state index in [4.69, 9.17) is 0 Å². The lowest BCUT2D eigenvalue weighted by Crippen LogP contribution is -2.41. The van der Waals surface area contributed by atoms with E-state index >= 15 is 0 Å². The van der Waals surface area contributed by atoms with Gasteiger partial charge in [-0.3, -0.25) is 0 Å². The first-order valence-corrected chi connectivity index (χ1v) is 9.30. The molecule has 1 heterocycles. The molecular weight excluding hydrogens is 284 g/mol. The summed E-state index contributed by atoms with van der Waals surface area (Å²) >= 11 is 0. The Morgan fingerprint density at radius 3 is 2.52 bits per heavy atom. The van der Waals surface area contributed by atoms with E-state index in [1.54, 1.807) is 16.4 Å². The van der Waals surface area contributed by atoms with Gasteiger partial charge in [-0.2, -0.15) is 4.31 Å². The maximum Gasteiger partial charge on any atom is 0.243 e. The lowest BCUT2D eigenvalue weighted by Gasteiger charge is -2.31. The third-order valence-electron chi connectivity index (χ3n) is 4.47. The molecular formula is C16H24N2O2S. The van der Waals surface area contributed by atoms with E-state index in [1.165, 1.54) is 12.8 Å². The molecule has 5 heteroatoms. The van der Waals surface area contributed by atoms with Crippen molar-refractivity contribution in [3.63, 3.8) is 0 Å². The van der Waals surface area contributed by atoms with Crippen LogP contribution in [0.3, 0.4) is 0 Å². The molecule has 0 spiro atoms. The molecule has 1 aromatic carbocycles. The highest BCUT2D eigenvalue weighted by molar-refractivity contribution is 7.89. The van der Waals surface area contributed by atoms with E-state index in [-0.39, 0.29) is 0 Å². The summed E-state index contributed by atoms with van der Waals surface area (Å²) in [5.41, 5.74) is 0.986. The molecule has 1 N–H and O–H groups in total. The van der Waals surface area contributed by atoms with E-state index in [1.807, 2.05) is 19.1 Å². The molecule has 2 aliphatic rings. The number of nitrogens with zero attached hydrogens (tertiary/aromatic N) is 1. The Hall–Kier alpha value is -0.910. The van der Waals surface area contributed by atoms with Crippen molar-refractivity contribution >= 4 is 10.0 Å². The summed E-state index contributed by atoms with van der Waals surface area (Å²) in [7, 11) is -3.31. The van der Waals surface area contributed by atoms with E-state index in [0.29, 0.717) is 23.9 Å². The van der Waals surface area contributed by atoms with E-state index in [0.717, 1.165) is 31.0 Å². The summed E-state index contributed by atoms with van der Waals surface area (Å²) in [6.07, 6.45) is 4.54. The van der Waals surface area contributed by atoms with Gasteiger partial charge >= 0.3 is 0 Å². The van der Waals surface area contributed by atoms with Gasteiger partial charge in [0.1, 0.15) is 0 Å². The zero-order valence-electron chi connectivity index (χ0n) is 12.6. The zero-order chi connectivity index (χ0) is 14.9. The number of hydrogen-bond donors (Lipinski definition) is 1. The summed E-state index contributed by atoms with van der Waals surface area (Å²) in [6.45, 7) is 4.26. The van der Waals surface area contributed by atoms with Crippen molar-refractivity contribution < 1.29 is 8.42 Å². The van der Waals surface area contributed by atoms with Crippen molar-refractivity contribution in [2.45, 2.75) is 43.5 Å². The van der Waals surface area contributed by atoms with Crippen molar-refractivity contribution in [1.82, 2.24) is 9.62 Å². The number of rotatable bonds is 5. The average Bonchev–Trinajstić information content (AvgIpc) is 3.30. The maximum atomic E-state index is 12.6. The van der Waals surface area contributed by atoms with Gasteiger partial charge < -0.3 is 5.32 Å².